The summed E-state index contributed by atoms with van der Waals surface area (Å²) >= 11 is 6.05. The molecule has 2 N–H and O–H groups in total. The number of likely N-dealkylation sites (N-methyl/N-ethyl adjacent to an activating group) is 1. The average molecular weight is 318 g/mol. The molecule has 20 heavy (non-hydrogen) atoms. The van der Waals surface area contributed by atoms with Crippen molar-refractivity contribution in [1.82, 2.24) is 9.21 Å². The molecule has 0 spiro atoms. The van der Waals surface area contributed by atoms with Crippen LogP contribution in [0.15, 0.2) is 23.1 Å². The molecule has 1 heterocycles. The number of benzene rings is 1. The van der Waals surface area contributed by atoms with Gasteiger partial charge < -0.3 is 10.6 Å². The Kier molecular flexibility index (Phi) is 4.59. The lowest BCUT2D eigenvalue weighted by molar-refractivity contribution is 0.290. The number of hydrogen-bond acceptors (Lipinski definition) is 4. The number of halogens is 1. The summed E-state index contributed by atoms with van der Waals surface area (Å²) in [7, 11) is -1.62. The van der Waals surface area contributed by atoms with Gasteiger partial charge in [-0.2, -0.15) is 4.31 Å². The van der Waals surface area contributed by atoms with Gasteiger partial charge in [-0.1, -0.05) is 11.6 Å². The van der Waals surface area contributed by atoms with Crippen LogP contribution >= 0.6 is 11.6 Å². The molecule has 5 nitrogen and oxygen atoms in total. The number of sulfonamides is 1. The molecule has 0 amide bonds. The van der Waals surface area contributed by atoms with Gasteiger partial charge in [0.15, 0.2) is 0 Å². The summed E-state index contributed by atoms with van der Waals surface area (Å²) in [4.78, 5) is 2.23. The molecule has 1 aromatic rings. The van der Waals surface area contributed by atoms with Crippen LogP contribution in [0.1, 0.15) is 13.3 Å². The highest BCUT2D eigenvalue weighted by atomic mass is 35.5. The van der Waals surface area contributed by atoms with E-state index in [2.05, 4.69) is 4.90 Å². The van der Waals surface area contributed by atoms with Crippen molar-refractivity contribution < 1.29 is 8.42 Å². The van der Waals surface area contributed by atoms with Crippen LogP contribution in [0.2, 0.25) is 5.02 Å². The average Bonchev–Trinajstić information content (AvgIpc) is 2.53. The van der Waals surface area contributed by atoms with E-state index in [-0.39, 0.29) is 16.0 Å². The maximum absolute atomic E-state index is 12.8. The molecular formula is C13H20ClN3O2S. The Labute approximate surface area is 125 Å². The fourth-order valence-corrected chi connectivity index (χ4v) is 4.72. The summed E-state index contributed by atoms with van der Waals surface area (Å²) in [6, 6.07) is 4.46. The van der Waals surface area contributed by atoms with E-state index in [1.165, 1.54) is 16.4 Å². The number of nitrogen functional groups attached to an aromatic ring is 1. The standard InChI is InChI=1S/C13H20ClN3O2S/c1-10-9-16(2)6-3-7-17(10)20(18,19)13-8-11(15)4-5-12(13)14/h4-5,8,10H,3,6-7,9,15H2,1-2H3. The fourth-order valence-electron chi connectivity index (χ4n) is 2.55. The van der Waals surface area contributed by atoms with Gasteiger partial charge >= 0.3 is 0 Å². The van der Waals surface area contributed by atoms with E-state index in [4.69, 9.17) is 17.3 Å². The molecule has 1 unspecified atom stereocenters. The minimum absolute atomic E-state index is 0.0926. The molecule has 1 saturated heterocycles. The largest absolute Gasteiger partial charge is 0.399 e. The van der Waals surface area contributed by atoms with E-state index in [1.54, 1.807) is 6.07 Å². The molecule has 1 aromatic carbocycles. The predicted octanol–water partition coefficient (Wildman–Crippen LogP) is 1.64. The van der Waals surface area contributed by atoms with Gasteiger partial charge in [-0.25, -0.2) is 8.42 Å². The Morgan fingerprint density at radius 1 is 1.35 bits per heavy atom. The Bertz CT molecular complexity index is 591. The first kappa shape index (κ1) is 15.6. The second kappa shape index (κ2) is 5.89. The van der Waals surface area contributed by atoms with E-state index >= 15 is 0 Å². The summed E-state index contributed by atoms with van der Waals surface area (Å²) in [6.45, 7) is 4.01. The second-order valence-electron chi connectivity index (χ2n) is 5.27. The topological polar surface area (TPSA) is 66.6 Å². The molecule has 1 fully saturated rings. The van der Waals surface area contributed by atoms with Crippen LogP contribution in [0.25, 0.3) is 0 Å². The highest BCUT2D eigenvalue weighted by Crippen LogP contribution is 2.28. The molecule has 0 aliphatic carbocycles. The summed E-state index contributed by atoms with van der Waals surface area (Å²) in [5.74, 6) is 0. The van der Waals surface area contributed by atoms with E-state index < -0.39 is 10.0 Å². The molecule has 1 atom stereocenters. The van der Waals surface area contributed by atoms with Crippen molar-refractivity contribution in [3.05, 3.63) is 23.2 Å². The molecule has 0 aromatic heterocycles. The van der Waals surface area contributed by atoms with Gasteiger partial charge in [-0.05, 0) is 45.1 Å². The lowest BCUT2D eigenvalue weighted by Crippen LogP contribution is -2.42. The third kappa shape index (κ3) is 3.09. The Morgan fingerprint density at radius 3 is 2.75 bits per heavy atom. The lowest BCUT2D eigenvalue weighted by atomic mass is 10.3. The van der Waals surface area contributed by atoms with Crippen LogP contribution in [0, 0.1) is 0 Å². The molecule has 0 saturated carbocycles. The number of nitrogens with zero attached hydrogens (tertiary/aromatic N) is 2. The molecule has 1 aliphatic heterocycles. The van der Waals surface area contributed by atoms with Crippen molar-refractivity contribution in [3.8, 4) is 0 Å². The smallest absolute Gasteiger partial charge is 0.244 e. The van der Waals surface area contributed by atoms with Gasteiger partial charge in [0.25, 0.3) is 0 Å². The van der Waals surface area contributed by atoms with E-state index in [0.717, 1.165) is 13.0 Å². The van der Waals surface area contributed by atoms with Crippen molar-refractivity contribution in [1.29, 1.82) is 0 Å². The SMILES string of the molecule is CC1CN(C)CCCN1S(=O)(=O)c1cc(N)ccc1Cl. The van der Waals surface area contributed by atoms with Crippen LogP contribution in [-0.2, 0) is 10.0 Å². The molecule has 112 valence electrons. The Morgan fingerprint density at radius 2 is 2.05 bits per heavy atom. The highest BCUT2D eigenvalue weighted by molar-refractivity contribution is 7.89. The number of hydrogen-bond donors (Lipinski definition) is 1. The van der Waals surface area contributed by atoms with Crippen LogP contribution < -0.4 is 5.73 Å². The second-order valence-corrected chi connectivity index (χ2v) is 7.54. The van der Waals surface area contributed by atoms with Crippen molar-refractivity contribution in [3.63, 3.8) is 0 Å². The minimum Gasteiger partial charge on any atom is -0.399 e. The zero-order valence-corrected chi connectivity index (χ0v) is 13.3. The quantitative estimate of drug-likeness (QED) is 0.842. The van der Waals surface area contributed by atoms with Crippen LogP contribution in [0.5, 0.6) is 0 Å². The van der Waals surface area contributed by atoms with Crippen LogP contribution in [0.3, 0.4) is 0 Å². The zero-order valence-electron chi connectivity index (χ0n) is 11.7. The molecular weight excluding hydrogens is 298 g/mol. The first-order valence-corrected chi connectivity index (χ1v) is 8.39. The third-order valence-electron chi connectivity index (χ3n) is 3.53. The van der Waals surface area contributed by atoms with Crippen molar-refractivity contribution in [2.75, 3.05) is 32.4 Å². The van der Waals surface area contributed by atoms with E-state index in [1.807, 2.05) is 14.0 Å². The minimum atomic E-state index is -3.62. The number of anilines is 1. The monoisotopic (exact) mass is 317 g/mol. The normalized spacial score (nSPS) is 22.6. The van der Waals surface area contributed by atoms with Gasteiger partial charge in [-0.3, -0.25) is 0 Å². The van der Waals surface area contributed by atoms with Gasteiger partial charge in [0.05, 0.1) is 5.02 Å². The van der Waals surface area contributed by atoms with Crippen LogP contribution in [0.4, 0.5) is 5.69 Å². The molecule has 0 radical (unpaired) electrons. The molecule has 7 heteroatoms. The summed E-state index contributed by atoms with van der Waals surface area (Å²) < 4.78 is 27.1. The van der Waals surface area contributed by atoms with Gasteiger partial charge in [0, 0.05) is 24.8 Å². The third-order valence-corrected chi connectivity index (χ3v) is 6.02. The Hall–Kier alpha value is -0.820. The van der Waals surface area contributed by atoms with E-state index in [0.29, 0.717) is 18.8 Å². The maximum Gasteiger partial charge on any atom is 0.244 e. The van der Waals surface area contributed by atoms with Crippen molar-refractivity contribution in [2.45, 2.75) is 24.3 Å². The van der Waals surface area contributed by atoms with Gasteiger partial charge in [-0.15, -0.1) is 0 Å². The lowest BCUT2D eigenvalue weighted by Gasteiger charge is -2.27. The zero-order chi connectivity index (χ0) is 14.9. The first-order chi connectivity index (χ1) is 9.32. The molecule has 2 rings (SSSR count). The molecule has 0 bridgehead atoms. The summed E-state index contributed by atoms with van der Waals surface area (Å²) in [6.07, 6.45) is 0.806. The highest BCUT2D eigenvalue weighted by Gasteiger charge is 2.32. The molecule has 1 aliphatic rings. The summed E-state index contributed by atoms with van der Waals surface area (Å²) in [5.41, 5.74) is 6.09. The number of rotatable bonds is 2. The van der Waals surface area contributed by atoms with Crippen molar-refractivity contribution in [2.24, 2.45) is 0 Å². The Balaban J connectivity index is 2.41. The van der Waals surface area contributed by atoms with Crippen molar-refractivity contribution >= 4 is 27.3 Å². The summed E-state index contributed by atoms with van der Waals surface area (Å²) in [5, 5.41) is 0.212. The predicted molar refractivity (Wildman–Crippen MR) is 81.3 cm³/mol. The number of nitrogens with two attached hydrogens (primary N) is 1. The van der Waals surface area contributed by atoms with E-state index in [9.17, 15) is 8.42 Å². The maximum atomic E-state index is 12.8. The van der Waals surface area contributed by atoms with Gasteiger partial charge in [0.1, 0.15) is 4.90 Å². The van der Waals surface area contributed by atoms with Gasteiger partial charge in [0.2, 0.25) is 10.0 Å². The fraction of sp³-hybridized carbons (Fsp3) is 0.538. The van der Waals surface area contributed by atoms with Crippen LogP contribution in [-0.4, -0.2) is 50.3 Å². The first-order valence-electron chi connectivity index (χ1n) is 6.58.